The van der Waals surface area contributed by atoms with Crippen LogP contribution in [0.3, 0.4) is 0 Å². The smallest absolute Gasteiger partial charge is 0.145 e. The van der Waals surface area contributed by atoms with Crippen LogP contribution in [0.25, 0.3) is 11.3 Å². The molecule has 17 heavy (non-hydrogen) atoms. The molecule has 2 rings (SSSR count). The third-order valence-corrected chi connectivity index (χ3v) is 2.78. The fraction of sp³-hybridized carbons (Fsp3) is 0.214. The maximum Gasteiger partial charge on any atom is 0.145 e. The predicted molar refractivity (Wildman–Crippen MR) is 68.9 cm³/mol. The largest absolute Gasteiger partial charge is 0.494 e. The van der Waals surface area contributed by atoms with Gasteiger partial charge in [0.2, 0.25) is 0 Å². The van der Waals surface area contributed by atoms with Crippen LogP contribution in [-0.4, -0.2) is 12.1 Å². The van der Waals surface area contributed by atoms with Gasteiger partial charge in [-0.25, -0.2) is 0 Å². The topological polar surface area (TPSA) is 48.1 Å². The molecular formula is C14H16N2O. The molecule has 0 aliphatic carbocycles. The molecule has 0 amide bonds. The monoisotopic (exact) mass is 228 g/mol. The first-order valence-electron chi connectivity index (χ1n) is 5.55. The summed E-state index contributed by atoms with van der Waals surface area (Å²) in [6.07, 6.45) is 1.77. The van der Waals surface area contributed by atoms with Crippen molar-refractivity contribution in [3.63, 3.8) is 0 Å². The molecule has 3 nitrogen and oxygen atoms in total. The Hall–Kier alpha value is -1.87. The van der Waals surface area contributed by atoms with Crippen molar-refractivity contribution >= 4 is 0 Å². The maximum absolute atomic E-state index is 5.67. The van der Waals surface area contributed by atoms with Gasteiger partial charge in [-0.05, 0) is 36.2 Å². The summed E-state index contributed by atoms with van der Waals surface area (Å²) in [5.41, 5.74) is 9.87. The Balaban J connectivity index is 2.59. The van der Waals surface area contributed by atoms with Crippen molar-refractivity contribution in [2.24, 2.45) is 5.73 Å². The average Bonchev–Trinajstić information content (AvgIpc) is 2.39. The van der Waals surface area contributed by atoms with Crippen molar-refractivity contribution in [3.8, 4) is 17.0 Å². The summed E-state index contributed by atoms with van der Waals surface area (Å²) in [5.74, 6) is 0.782. The fourth-order valence-electron chi connectivity index (χ4n) is 1.81. The minimum atomic E-state index is 0.530. The molecule has 1 aromatic carbocycles. The van der Waals surface area contributed by atoms with Gasteiger partial charge in [0.15, 0.2) is 0 Å². The van der Waals surface area contributed by atoms with Gasteiger partial charge in [-0.3, -0.25) is 4.98 Å². The van der Waals surface area contributed by atoms with E-state index in [0.29, 0.717) is 6.54 Å². The van der Waals surface area contributed by atoms with Crippen LogP contribution in [0.5, 0.6) is 5.75 Å². The summed E-state index contributed by atoms with van der Waals surface area (Å²) in [6.45, 7) is 2.59. The molecule has 0 bridgehead atoms. The lowest BCUT2D eigenvalue weighted by Crippen LogP contribution is -1.98. The number of pyridine rings is 1. The number of methoxy groups -OCH3 is 1. The second-order valence-corrected chi connectivity index (χ2v) is 3.91. The zero-order valence-electron chi connectivity index (χ0n) is 10.1. The van der Waals surface area contributed by atoms with E-state index in [2.05, 4.69) is 24.0 Å². The summed E-state index contributed by atoms with van der Waals surface area (Å²) in [7, 11) is 1.66. The Bertz CT molecular complexity index is 523. The number of aromatic nitrogens is 1. The Morgan fingerprint density at radius 2 is 2.12 bits per heavy atom. The number of nitrogens with two attached hydrogens (primary N) is 1. The minimum absolute atomic E-state index is 0.530. The molecule has 0 radical (unpaired) electrons. The van der Waals surface area contributed by atoms with Crippen molar-refractivity contribution < 1.29 is 4.74 Å². The van der Waals surface area contributed by atoms with Crippen LogP contribution in [-0.2, 0) is 6.54 Å². The minimum Gasteiger partial charge on any atom is -0.494 e. The molecule has 2 aromatic rings. The SMILES string of the molecule is COc1cccnc1-c1cc(CN)ccc1C. The molecule has 2 N–H and O–H groups in total. The highest BCUT2D eigenvalue weighted by molar-refractivity contribution is 5.70. The third kappa shape index (κ3) is 2.29. The average molecular weight is 228 g/mol. The van der Waals surface area contributed by atoms with Gasteiger partial charge in [-0.2, -0.15) is 0 Å². The first-order chi connectivity index (χ1) is 8.26. The standard InChI is InChI=1S/C14H16N2O/c1-10-5-6-11(9-15)8-12(10)14-13(17-2)4-3-7-16-14/h3-8H,9,15H2,1-2H3. The lowest BCUT2D eigenvalue weighted by molar-refractivity contribution is 0.415. The lowest BCUT2D eigenvalue weighted by Gasteiger charge is -2.11. The Labute approximate surface area is 101 Å². The highest BCUT2D eigenvalue weighted by Gasteiger charge is 2.09. The molecule has 0 spiro atoms. The van der Waals surface area contributed by atoms with Crippen LogP contribution in [0, 0.1) is 6.92 Å². The maximum atomic E-state index is 5.67. The summed E-state index contributed by atoms with van der Waals surface area (Å²) in [4.78, 5) is 4.39. The number of aryl methyl sites for hydroxylation is 1. The van der Waals surface area contributed by atoms with Gasteiger partial charge in [0.05, 0.1) is 7.11 Å². The third-order valence-electron chi connectivity index (χ3n) is 2.78. The van der Waals surface area contributed by atoms with Crippen LogP contribution in [0.2, 0.25) is 0 Å². The molecule has 1 aromatic heterocycles. The van der Waals surface area contributed by atoms with E-state index in [1.165, 1.54) is 5.56 Å². The normalized spacial score (nSPS) is 10.3. The van der Waals surface area contributed by atoms with Gasteiger partial charge in [-0.1, -0.05) is 12.1 Å². The highest BCUT2D eigenvalue weighted by Crippen LogP contribution is 2.30. The van der Waals surface area contributed by atoms with Gasteiger partial charge in [-0.15, -0.1) is 0 Å². The van der Waals surface area contributed by atoms with Crippen LogP contribution < -0.4 is 10.5 Å². The first-order valence-corrected chi connectivity index (χ1v) is 5.55. The zero-order chi connectivity index (χ0) is 12.3. The molecule has 88 valence electrons. The number of rotatable bonds is 3. The molecule has 0 fully saturated rings. The van der Waals surface area contributed by atoms with Gasteiger partial charge < -0.3 is 10.5 Å². The van der Waals surface area contributed by atoms with E-state index in [-0.39, 0.29) is 0 Å². The van der Waals surface area contributed by atoms with Gasteiger partial charge in [0.25, 0.3) is 0 Å². The molecule has 0 aliphatic heterocycles. The first kappa shape index (κ1) is 11.6. The van der Waals surface area contributed by atoms with E-state index in [9.17, 15) is 0 Å². The molecule has 0 saturated heterocycles. The van der Waals surface area contributed by atoms with Gasteiger partial charge in [0, 0.05) is 18.3 Å². The van der Waals surface area contributed by atoms with Crippen molar-refractivity contribution in [1.29, 1.82) is 0 Å². The second-order valence-electron chi connectivity index (χ2n) is 3.91. The quantitative estimate of drug-likeness (QED) is 0.878. The zero-order valence-corrected chi connectivity index (χ0v) is 10.1. The fourth-order valence-corrected chi connectivity index (χ4v) is 1.81. The number of benzene rings is 1. The number of hydrogen-bond donors (Lipinski definition) is 1. The molecule has 1 heterocycles. The lowest BCUT2D eigenvalue weighted by atomic mass is 10.0. The summed E-state index contributed by atoms with van der Waals surface area (Å²) in [5, 5.41) is 0. The van der Waals surface area contributed by atoms with Crippen LogP contribution in [0.15, 0.2) is 36.5 Å². The predicted octanol–water partition coefficient (Wildman–Crippen LogP) is 2.52. The van der Waals surface area contributed by atoms with E-state index in [4.69, 9.17) is 10.5 Å². The summed E-state index contributed by atoms with van der Waals surface area (Å²) < 4.78 is 5.33. The van der Waals surface area contributed by atoms with Crippen molar-refractivity contribution in [2.45, 2.75) is 13.5 Å². The summed E-state index contributed by atoms with van der Waals surface area (Å²) in [6, 6.07) is 9.95. The van der Waals surface area contributed by atoms with Gasteiger partial charge in [0.1, 0.15) is 11.4 Å². The van der Waals surface area contributed by atoms with Crippen molar-refractivity contribution in [2.75, 3.05) is 7.11 Å². The van der Waals surface area contributed by atoms with E-state index in [1.54, 1.807) is 13.3 Å². The molecule has 0 aliphatic rings. The van der Waals surface area contributed by atoms with E-state index < -0.39 is 0 Å². The van der Waals surface area contributed by atoms with Gasteiger partial charge >= 0.3 is 0 Å². The Morgan fingerprint density at radius 1 is 1.29 bits per heavy atom. The van der Waals surface area contributed by atoms with Crippen molar-refractivity contribution in [3.05, 3.63) is 47.7 Å². The van der Waals surface area contributed by atoms with Crippen LogP contribution in [0.1, 0.15) is 11.1 Å². The second kappa shape index (κ2) is 4.97. The Kier molecular flexibility index (Phi) is 3.40. The van der Waals surface area contributed by atoms with Crippen molar-refractivity contribution in [1.82, 2.24) is 4.98 Å². The van der Waals surface area contributed by atoms with Crippen LogP contribution in [0.4, 0.5) is 0 Å². The molecular weight excluding hydrogens is 212 g/mol. The van der Waals surface area contributed by atoms with E-state index in [0.717, 1.165) is 22.6 Å². The number of hydrogen-bond acceptors (Lipinski definition) is 3. The van der Waals surface area contributed by atoms with Crippen LogP contribution >= 0.6 is 0 Å². The number of nitrogens with zero attached hydrogens (tertiary/aromatic N) is 1. The Morgan fingerprint density at radius 3 is 2.82 bits per heavy atom. The van der Waals surface area contributed by atoms with E-state index >= 15 is 0 Å². The molecule has 0 unspecified atom stereocenters. The summed E-state index contributed by atoms with van der Waals surface area (Å²) >= 11 is 0. The highest BCUT2D eigenvalue weighted by atomic mass is 16.5. The number of ether oxygens (including phenoxy) is 1. The molecule has 0 saturated carbocycles. The van der Waals surface area contributed by atoms with E-state index in [1.807, 2.05) is 18.2 Å². The molecule has 3 heteroatoms. The molecule has 0 atom stereocenters.